The van der Waals surface area contributed by atoms with Crippen LogP contribution in [0, 0.1) is 25.2 Å². The van der Waals surface area contributed by atoms with Gasteiger partial charge in [-0.25, -0.2) is 9.97 Å². The maximum Gasteiger partial charge on any atom is 0.173 e. The van der Waals surface area contributed by atoms with E-state index in [1.54, 1.807) is 6.33 Å². The number of nitrogens with zero attached hydrogens (tertiary/aromatic N) is 4. The van der Waals surface area contributed by atoms with Crippen LogP contribution >= 0.6 is 0 Å². The van der Waals surface area contributed by atoms with E-state index in [0.717, 1.165) is 47.6 Å². The van der Waals surface area contributed by atoms with Crippen molar-refractivity contribution in [1.29, 1.82) is 5.41 Å². The average molecular weight is 351 g/mol. The molecule has 3 N–H and O–H groups in total. The Hall–Kier alpha value is -2.54. The topological polar surface area (TPSA) is 95.3 Å². The Labute approximate surface area is 152 Å². The van der Waals surface area contributed by atoms with Crippen molar-refractivity contribution in [2.24, 2.45) is 5.92 Å². The largest absolute Gasteiger partial charge is 0.337 e. The van der Waals surface area contributed by atoms with Gasteiger partial charge in [-0.1, -0.05) is 6.92 Å². The smallest absolute Gasteiger partial charge is 0.173 e. The van der Waals surface area contributed by atoms with E-state index < -0.39 is 0 Å². The Morgan fingerprint density at radius 2 is 2.04 bits per heavy atom. The first-order valence-electron chi connectivity index (χ1n) is 9.15. The standard InChI is InChI=1S/C19H25N7/c1-11-6-21-5-4-14(11)18-24-16-17(20)23-10-26(19(16)25-18)9-15-12(2)7-22-8-13(15)3/h7-8,10-11,14,20-21H,4-6,9H2,1-3H3,(H,24,25)/t11-,14+/m1/s1. The van der Waals surface area contributed by atoms with Crippen molar-refractivity contribution in [1.82, 2.24) is 29.8 Å². The first kappa shape index (κ1) is 16.9. The second kappa shape index (κ2) is 6.64. The molecule has 0 spiro atoms. The zero-order valence-electron chi connectivity index (χ0n) is 15.5. The van der Waals surface area contributed by atoms with Gasteiger partial charge in [-0.2, -0.15) is 0 Å². The van der Waals surface area contributed by atoms with Gasteiger partial charge >= 0.3 is 0 Å². The zero-order valence-corrected chi connectivity index (χ0v) is 15.5. The minimum absolute atomic E-state index is 0.250. The number of hydrogen-bond acceptors (Lipinski definition) is 5. The molecule has 7 nitrogen and oxygen atoms in total. The maximum absolute atomic E-state index is 8.18. The molecule has 0 amide bonds. The van der Waals surface area contributed by atoms with Crippen molar-refractivity contribution in [3.8, 4) is 0 Å². The molecule has 26 heavy (non-hydrogen) atoms. The molecule has 1 saturated heterocycles. The summed E-state index contributed by atoms with van der Waals surface area (Å²) in [6, 6.07) is 0. The third kappa shape index (κ3) is 2.92. The van der Waals surface area contributed by atoms with E-state index in [1.807, 2.05) is 17.0 Å². The van der Waals surface area contributed by atoms with Gasteiger partial charge in [-0.15, -0.1) is 0 Å². The van der Waals surface area contributed by atoms with Crippen LogP contribution in [0.15, 0.2) is 18.7 Å². The molecule has 1 fully saturated rings. The summed E-state index contributed by atoms with van der Waals surface area (Å²) in [7, 11) is 0. The lowest BCUT2D eigenvalue weighted by atomic mass is 9.87. The molecule has 0 aromatic carbocycles. The Kier molecular flexibility index (Phi) is 4.32. The Balaban J connectivity index is 1.79. The van der Waals surface area contributed by atoms with Crippen LogP contribution in [-0.4, -0.2) is 37.6 Å². The molecule has 1 aliphatic heterocycles. The summed E-state index contributed by atoms with van der Waals surface area (Å²) in [6.07, 6.45) is 6.56. The van der Waals surface area contributed by atoms with E-state index >= 15 is 0 Å². The second-order valence-corrected chi connectivity index (χ2v) is 7.37. The highest BCUT2D eigenvalue weighted by molar-refractivity contribution is 5.69. The number of hydrogen-bond donors (Lipinski definition) is 3. The first-order valence-corrected chi connectivity index (χ1v) is 9.15. The molecule has 4 heterocycles. The van der Waals surface area contributed by atoms with Gasteiger partial charge in [0.1, 0.15) is 11.3 Å². The number of H-pyrrole nitrogens is 1. The fraction of sp³-hybridized carbons (Fsp3) is 0.474. The summed E-state index contributed by atoms with van der Waals surface area (Å²) >= 11 is 0. The van der Waals surface area contributed by atoms with Gasteiger partial charge in [0, 0.05) is 18.3 Å². The van der Waals surface area contributed by atoms with E-state index in [1.165, 1.54) is 5.56 Å². The van der Waals surface area contributed by atoms with E-state index in [0.29, 0.717) is 18.4 Å². The van der Waals surface area contributed by atoms with Gasteiger partial charge in [0.25, 0.3) is 0 Å². The molecule has 3 aromatic heterocycles. The Morgan fingerprint density at radius 1 is 1.27 bits per heavy atom. The minimum atomic E-state index is 0.250. The number of aryl methyl sites for hydroxylation is 2. The predicted molar refractivity (Wildman–Crippen MR) is 99.9 cm³/mol. The van der Waals surface area contributed by atoms with Gasteiger partial charge in [-0.05, 0) is 56.0 Å². The molecule has 4 rings (SSSR count). The number of nitrogens with one attached hydrogen (secondary N) is 3. The molecule has 7 heteroatoms. The number of imidazole rings is 1. The number of pyridine rings is 1. The molecular weight excluding hydrogens is 326 g/mol. The van der Waals surface area contributed by atoms with Crippen LogP contribution in [0.4, 0.5) is 0 Å². The fourth-order valence-corrected chi connectivity index (χ4v) is 3.86. The molecule has 0 saturated carbocycles. The quantitative estimate of drug-likeness (QED) is 0.673. The third-order valence-electron chi connectivity index (χ3n) is 5.49. The SMILES string of the molecule is Cc1cncc(C)c1Cn1cnc(=N)c2[nH]c([C@H]3CCNC[C@H]3C)nc21. The zero-order chi connectivity index (χ0) is 18.3. The molecule has 3 aromatic rings. The van der Waals surface area contributed by atoms with Gasteiger partial charge in [0.05, 0.1) is 12.9 Å². The van der Waals surface area contributed by atoms with Gasteiger partial charge in [0.2, 0.25) is 0 Å². The van der Waals surface area contributed by atoms with E-state index in [-0.39, 0.29) is 5.49 Å². The Morgan fingerprint density at radius 3 is 2.77 bits per heavy atom. The fourth-order valence-electron chi connectivity index (χ4n) is 3.86. The minimum Gasteiger partial charge on any atom is -0.337 e. The van der Waals surface area contributed by atoms with Gasteiger partial charge < -0.3 is 14.9 Å². The number of rotatable bonds is 3. The average Bonchev–Trinajstić information content (AvgIpc) is 3.07. The van der Waals surface area contributed by atoms with Crippen molar-refractivity contribution in [2.45, 2.75) is 39.7 Å². The summed E-state index contributed by atoms with van der Waals surface area (Å²) in [5.74, 6) is 1.89. The van der Waals surface area contributed by atoms with Crippen LogP contribution in [0.25, 0.3) is 11.2 Å². The molecule has 1 aliphatic rings. The molecule has 2 atom stereocenters. The van der Waals surface area contributed by atoms with E-state index in [2.05, 4.69) is 41.0 Å². The van der Waals surface area contributed by atoms with Crippen LogP contribution in [0.3, 0.4) is 0 Å². The highest BCUT2D eigenvalue weighted by Gasteiger charge is 2.26. The normalized spacial score (nSPS) is 20.6. The van der Waals surface area contributed by atoms with E-state index in [4.69, 9.17) is 10.4 Å². The van der Waals surface area contributed by atoms with E-state index in [9.17, 15) is 0 Å². The highest BCUT2D eigenvalue weighted by atomic mass is 15.1. The number of aromatic amines is 1. The molecule has 136 valence electrons. The number of fused-ring (bicyclic) bond motifs is 1. The summed E-state index contributed by atoms with van der Waals surface area (Å²) in [5, 5.41) is 11.6. The van der Waals surface area contributed by atoms with Crippen molar-refractivity contribution < 1.29 is 0 Å². The molecule has 0 radical (unpaired) electrons. The number of piperidine rings is 1. The predicted octanol–water partition coefficient (Wildman–Crippen LogP) is 2.01. The highest BCUT2D eigenvalue weighted by Crippen LogP contribution is 2.29. The second-order valence-electron chi connectivity index (χ2n) is 7.37. The lowest BCUT2D eigenvalue weighted by Gasteiger charge is -2.27. The van der Waals surface area contributed by atoms with Crippen LogP contribution in [-0.2, 0) is 6.54 Å². The Bertz CT molecular complexity index is 981. The number of aromatic nitrogens is 5. The first-order chi connectivity index (χ1) is 12.5. The van der Waals surface area contributed by atoms with Gasteiger partial charge in [-0.3, -0.25) is 10.4 Å². The monoisotopic (exact) mass is 351 g/mol. The molecule has 0 unspecified atom stereocenters. The summed E-state index contributed by atoms with van der Waals surface area (Å²) < 4.78 is 2.04. The molecule has 0 aliphatic carbocycles. The maximum atomic E-state index is 8.18. The third-order valence-corrected chi connectivity index (χ3v) is 5.49. The summed E-state index contributed by atoms with van der Waals surface area (Å²) in [4.78, 5) is 16.8. The molecule has 0 bridgehead atoms. The van der Waals surface area contributed by atoms with Crippen LogP contribution in [0.2, 0.25) is 0 Å². The van der Waals surface area contributed by atoms with Crippen LogP contribution in [0.1, 0.15) is 41.8 Å². The summed E-state index contributed by atoms with van der Waals surface area (Å²) in [6.45, 7) is 9.09. The van der Waals surface area contributed by atoms with Crippen molar-refractivity contribution >= 4 is 11.2 Å². The van der Waals surface area contributed by atoms with Crippen LogP contribution in [0.5, 0.6) is 0 Å². The molecular formula is C19H25N7. The van der Waals surface area contributed by atoms with Gasteiger partial charge in [0.15, 0.2) is 11.1 Å². The van der Waals surface area contributed by atoms with Crippen molar-refractivity contribution in [2.75, 3.05) is 13.1 Å². The lowest BCUT2D eigenvalue weighted by Crippen LogP contribution is -2.34. The van der Waals surface area contributed by atoms with Crippen LogP contribution < -0.4 is 10.8 Å². The van der Waals surface area contributed by atoms with Crippen molar-refractivity contribution in [3.63, 3.8) is 0 Å². The lowest BCUT2D eigenvalue weighted by molar-refractivity contribution is 0.340. The summed E-state index contributed by atoms with van der Waals surface area (Å²) in [5.41, 5.74) is 5.32. The van der Waals surface area contributed by atoms with Crippen molar-refractivity contribution in [3.05, 3.63) is 46.7 Å².